The first kappa shape index (κ1) is 14.7. The fourth-order valence-electron chi connectivity index (χ4n) is 2.23. The number of ether oxygens (including phenoxy) is 1. The lowest BCUT2D eigenvalue weighted by molar-refractivity contribution is 0.102. The smallest absolute Gasteiger partial charge is 0.261 e. The topological polar surface area (TPSA) is 64.1 Å². The summed E-state index contributed by atoms with van der Waals surface area (Å²) >= 11 is 0. The van der Waals surface area contributed by atoms with Gasteiger partial charge in [0.15, 0.2) is 0 Å². The molecule has 1 N–H and O–H groups in total. The van der Waals surface area contributed by atoms with Gasteiger partial charge >= 0.3 is 0 Å². The number of nitrogens with one attached hydrogen (secondary N) is 1. The number of rotatable bonds is 4. The lowest BCUT2D eigenvalue weighted by Crippen LogP contribution is -2.15. The van der Waals surface area contributed by atoms with E-state index in [-0.39, 0.29) is 11.9 Å². The first-order chi connectivity index (χ1) is 11.3. The van der Waals surface area contributed by atoms with Gasteiger partial charge in [-0.25, -0.2) is 9.97 Å². The van der Waals surface area contributed by atoms with Crippen molar-refractivity contribution in [3.8, 4) is 16.9 Å². The van der Waals surface area contributed by atoms with Crippen LogP contribution >= 0.6 is 0 Å². The third-order valence-electron chi connectivity index (χ3n) is 3.34. The lowest BCUT2D eigenvalue weighted by atomic mass is 10.0. The number of anilines is 1. The number of hydrogen-bond acceptors (Lipinski definition) is 4. The van der Waals surface area contributed by atoms with Crippen LogP contribution in [0, 0.1) is 0 Å². The number of carbonyl (C=O) groups is 1. The first-order valence-corrected chi connectivity index (χ1v) is 7.10. The summed E-state index contributed by atoms with van der Waals surface area (Å²) in [7, 11) is 1.54. The summed E-state index contributed by atoms with van der Waals surface area (Å²) in [4.78, 5) is 20.5. The summed E-state index contributed by atoms with van der Waals surface area (Å²) in [6.45, 7) is 0. The van der Waals surface area contributed by atoms with Crippen molar-refractivity contribution >= 4 is 11.9 Å². The molecule has 1 aromatic heterocycles. The molecule has 1 amide bonds. The Balaban J connectivity index is 1.95. The molecule has 0 radical (unpaired) electrons. The van der Waals surface area contributed by atoms with E-state index >= 15 is 0 Å². The molecule has 5 heteroatoms. The maximum absolute atomic E-state index is 12.5. The minimum atomic E-state index is -0.314. The number of carbonyl (C=O) groups excluding carboxylic acids is 1. The van der Waals surface area contributed by atoms with Gasteiger partial charge in [-0.2, -0.15) is 0 Å². The van der Waals surface area contributed by atoms with Gasteiger partial charge in [0, 0.05) is 12.4 Å². The SMILES string of the molecule is COc1ccc(-c2ccccc2)cc1C(=O)Nc1ncccn1. The molecular formula is C18H15N3O2. The molecule has 5 nitrogen and oxygen atoms in total. The molecule has 0 aliphatic carbocycles. The monoisotopic (exact) mass is 305 g/mol. The van der Waals surface area contributed by atoms with E-state index in [0.29, 0.717) is 11.3 Å². The average Bonchev–Trinajstić information content (AvgIpc) is 2.62. The molecule has 0 unspecified atom stereocenters. The number of methoxy groups -OCH3 is 1. The fraction of sp³-hybridized carbons (Fsp3) is 0.0556. The van der Waals surface area contributed by atoms with Gasteiger partial charge in [-0.05, 0) is 29.3 Å². The van der Waals surface area contributed by atoms with E-state index in [1.54, 1.807) is 30.6 Å². The van der Waals surface area contributed by atoms with Crippen molar-refractivity contribution in [3.05, 3.63) is 72.6 Å². The molecule has 23 heavy (non-hydrogen) atoms. The van der Waals surface area contributed by atoms with E-state index in [4.69, 9.17) is 4.74 Å². The normalized spacial score (nSPS) is 10.1. The molecule has 3 rings (SSSR count). The molecule has 0 aliphatic rings. The number of amides is 1. The van der Waals surface area contributed by atoms with E-state index in [0.717, 1.165) is 11.1 Å². The van der Waals surface area contributed by atoms with Crippen molar-refractivity contribution in [2.45, 2.75) is 0 Å². The van der Waals surface area contributed by atoms with E-state index in [1.165, 1.54) is 7.11 Å². The Labute approximate surface area is 134 Å². The van der Waals surface area contributed by atoms with Gasteiger partial charge in [-0.3, -0.25) is 10.1 Å². The number of hydrogen-bond donors (Lipinski definition) is 1. The van der Waals surface area contributed by atoms with Crippen molar-refractivity contribution in [2.24, 2.45) is 0 Å². The maximum Gasteiger partial charge on any atom is 0.261 e. The number of benzene rings is 2. The zero-order chi connectivity index (χ0) is 16.1. The molecule has 0 bridgehead atoms. The molecule has 0 aliphatic heterocycles. The molecule has 2 aromatic carbocycles. The van der Waals surface area contributed by atoms with E-state index in [1.807, 2.05) is 36.4 Å². The Hall–Kier alpha value is -3.21. The molecule has 3 aromatic rings. The van der Waals surface area contributed by atoms with Gasteiger partial charge < -0.3 is 4.74 Å². The van der Waals surface area contributed by atoms with Crippen molar-refractivity contribution in [1.82, 2.24) is 9.97 Å². The van der Waals surface area contributed by atoms with Crippen LogP contribution in [0.15, 0.2) is 67.0 Å². The standard InChI is InChI=1S/C18H15N3O2/c1-23-16-9-8-14(13-6-3-2-4-7-13)12-15(16)17(22)21-18-19-10-5-11-20-18/h2-12H,1H3,(H,19,20,21,22). The van der Waals surface area contributed by atoms with Gasteiger partial charge in [0.2, 0.25) is 5.95 Å². The second-order valence-corrected chi connectivity index (χ2v) is 4.81. The third-order valence-corrected chi connectivity index (χ3v) is 3.34. The van der Waals surface area contributed by atoms with Gasteiger partial charge in [0.05, 0.1) is 12.7 Å². The minimum Gasteiger partial charge on any atom is -0.496 e. The largest absolute Gasteiger partial charge is 0.496 e. The number of aromatic nitrogens is 2. The molecule has 114 valence electrons. The zero-order valence-corrected chi connectivity index (χ0v) is 12.6. The van der Waals surface area contributed by atoms with Crippen molar-refractivity contribution in [3.63, 3.8) is 0 Å². The highest BCUT2D eigenvalue weighted by Crippen LogP contribution is 2.27. The first-order valence-electron chi connectivity index (χ1n) is 7.10. The van der Waals surface area contributed by atoms with Crippen LogP contribution in [0.5, 0.6) is 5.75 Å². The predicted molar refractivity (Wildman–Crippen MR) is 88.4 cm³/mol. The summed E-state index contributed by atoms with van der Waals surface area (Å²) in [5, 5.41) is 2.67. The van der Waals surface area contributed by atoms with Crippen molar-refractivity contribution in [2.75, 3.05) is 12.4 Å². The van der Waals surface area contributed by atoms with Crippen LogP contribution < -0.4 is 10.1 Å². The van der Waals surface area contributed by atoms with Gasteiger partial charge in [0.1, 0.15) is 5.75 Å². The molecule has 0 atom stereocenters. The lowest BCUT2D eigenvalue weighted by Gasteiger charge is -2.11. The Kier molecular flexibility index (Phi) is 4.29. The molecule has 0 fully saturated rings. The highest BCUT2D eigenvalue weighted by molar-refractivity contribution is 6.06. The Morgan fingerprint density at radius 2 is 1.70 bits per heavy atom. The van der Waals surface area contributed by atoms with Crippen LogP contribution in [0.25, 0.3) is 11.1 Å². The second-order valence-electron chi connectivity index (χ2n) is 4.81. The minimum absolute atomic E-state index is 0.254. The van der Waals surface area contributed by atoms with Gasteiger partial charge in [-0.1, -0.05) is 36.4 Å². The van der Waals surface area contributed by atoms with E-state index in [2.05, 4.69) is 15.3 Å². The van der Waals surface area contributed by atoms with E-state index in [9.17, 15) is 4.79 Å². The van der Waals surface area contributed by atoms with Crippen LogP contribution in [0.1, 0.15) is 10.4 Å². The van der Waals surface area contributed by atoms with E-state index < -0.39 is 0 Å². The van der Waals surface area contributed by atoms with Crippen LogP contribution in [0.2, 0.25) is 0 Å². The summed E-state index contributed by atoms with van der Waals surface area (Å²) in [5.74, 6) is 0.439. The highest BCUT2D eigenvalue weighted by Gasteiger charge is 2.15. The van der Waals surface area contributed by atoms with Gasteiger partial charge in [0.25, 0.3) is 5.91 Å². The van der Waals surface area contributed by atoms with Crippen molar-refractivity contribution < 1.29 is 9.53 Å². The molecule has 0 saturated heterocycles. The predicted octanol–water partition coefficient (Wildman–Crippen LogP) is 3.40. The summed E-state index contributed by atoms with van der Waals surface area (Å²) in [6, 6.07) is 17.0. The fourth-order valence-corrected chi connectivity index (χ4v) is 2.23. The molecule has 0 spiro atoms. The average molecular weight is 305 g/mol. The van der Waals surface area contributed by atoms with Gasteiger partial charge in [-0.15, -0.1) is 0 Å². The molecule has 1 heterocycles. The van der Waals surface area contributed by atoms with Crippen LogP contribution in [-0.4, -0.2) is 23.0 Å². The third kappa shape index (κ3) is 3.35. The summed E-state index contributed by atoms with van der Waals surface area (Å²) in [5.41, 5.74) is 2.40. The summed E-state index contributed by atoms with van der Waals surface area (Å²) in [6.07, 6.45) is 3.14. The van der Waals surface area contributed by atoms with Crippen LogP contribution in [0.3, 0.4) is 0 Å². The Bertz CT molecular complexity index is 805. The highest BCUT2D eigenvalue weighted by atomic mass is 16.5. The van der Waals surface area contributed by atoms with Crippen molar-refractivity contribution in [1.29, 1.82) is 0 Å². The zero-order valence-electron chi connectivity index (χ0n) is 12.6. The Morgan fingerprint density at radius 1 is 0.957 bits per heavy atom. The number of nitrogens with zero attached hydrogens (tertiary/aromatic N) is 2. The summed E-state index contributed by atoms with van der Waals surface area (Å²) < 4.78 is 5.29. The second kappa shape index (κ2) is 6.70. The van der Waals surface area contributed by atoms with Crippen LogP contribution in [-0.2, 0) is 0 Å². The Morgan fingerprint density at radius 3 is 2.39 bits per heavy atom. The molecular weight excluding hydrogens is 290 g/mol. The molecule has 0 saturated carbocycles. The maximum atomic E-state index is 12.5. The van der Waals surface area contributed by atoms with Crippen LogP contribution in [0.4, 0.5) is 5.95 Å². The quantitative estimate of drug-likeness (QED) is 0.802.